The van der Waals surface area contributed by atoms with Crippen molar-refractivity contribution >= 4 is 28.9 Å². The highest BCUT2D eigenvalue weighted by molar-refractivity contribution is 6.03. The molecular formula is C22H21N3O4. The van der Waals surface area contributed by atoms with Crippen LogP contribution in [0.3, 0.4) is 0 Å². The summed E-state index contributed by atoms with van der Waals surface area (Å²) in [5.41, 5.74) is 2.46. The number of para-hydroxylation sites is 1. The van der Waals surface area contributed by atoms with Crippen LogP contribution in [0.5, 0.6) is 5.75 Å². The third kappa shape index (κ3) is 5.10. The first-order chi connectivity index (χ1) is 14.1. The van der Waals surface area contributed by atoms with Gasteiger partial charge in [-0.05, 0) is 55.5 Å². The number of benzene rings is 2. The molecule has 0 fully saturated rings. The van der Waals surface area contributed by atoms with Crippen LogP contribution in [0.1, 0.15) is 27.8 Å². The van der Waals surface area contributed by atoms with E-state index in [1.54, 1.807) is 60.7 Å². The first kappa shape index (κ1) is 19.9. The molecule has 3 rings (SSSR count). The van der Waals surface area contributed by atoms with Gasteiger partial charge in [0.2, 0.25) is 0 Å². The number of aromatic nitrogens is 1. The summed E-state index contributed by atoms with van der Waals surface area (Å²) in [6.45, 7) is 2.49. The Labute approximate surface area is 168 Å². The fraction of sp³-hybridized carbons (Fsp3) is 0.136. The maximum Gasteiger partial charge on any atom is 0.339 e. The van der Waals surface area contributed by atoms with Crippen LogP contribution in [0.4, 0.5) is 17.1 Å². The number of carbonyl (C=O) groups is 2. The lowest BCUT2D eigenvalue weighted by molar-refractivity contribution is 0.0601. The molecule has 1 aromatic heterocycles. The Morgan fingerprint density at radius 2 is 1.76 bits per heavy atom. The van der Waals surface area contributed by atoms with E-state index in [0.717, 1.165) is 5.75 Å². The number of hydrogen-bond acceptors (Lipinski definition) is 6. The standard InChI is InChI=1S/C22H21N3O4/c1-3-29-17-10-8-15(9-11-17)25-21(26)20-14-16(12-13-23-20)24-19-7-5-4-6-18(19)22(27)28-2/h4-14H,3H2,1-2H3,(H,23,24)(H,25,26). The number of methoxy groups -OCH3 is 1. The summed E-state index contributed by atoms with van der Waals surface area (Å²) in [6.07, 6.45) is 1.52. The van der Waals surface area contributed by atoms with E-state index in [0.29, 0.717) is 29.2 Å². The largest absolute Gasteiger partial charge is 0.494 e. The fourth-order valence-electron chi connectivity index (χ4n) is 2.66. The summed E-state index contributed by atoms with van der Waals surface area (Å²) in [4.78, 5) is 28.6. The molecule has 0 atom stereocenters. The average molecular weight is 391 g/mol. The van der Waals surface area contributed by atoms with Crippen molar-refractivity contribution in [3.63, 3.8) is 0 Å². The summed E-state index contributed by atoms with van der Waals surface area (Å²) in [5, 5.41) is 5.93. The van der Waals surface area contributed by atoms with Gasteiger partial charge >= 0.3 is 5.97 Å². The van der Waals surface area contributed by atoms with Crippen LogP contribution in [0.2, 0.25) is 0 Å². The van der Waals surface area contributed by atoms with Crippen LogP contribution < -0.4 is 15.4 Å². The third-order valence-corrected chi connectivity index (χ3v) is 4.03. The van der Waals surface area contributed by atoms with Crippen molar-refractivity contribution < 1.29 is 19.1 Å². The quantitative estimate of drug-likeness (QED) is 0.585. The maximum atomic E-state index is 12.5. The number of carbonyl (C=O) groups excluding carboxylic acids is 2. The van der Waals surface area contributed by atoms with E-state index in [4.69, 9.17) is 9.47 Å². The second-order valence-electron chi connectivity index (χ2n) is 6.00. The van der Waals surface area contributed by atoms with Crippen molar-refractivity contribution in [3.05, 3.63) is 78.1 Å². The number of pyridine rings is 1. The fourth-order valence-corrected chi connectivity index (χ4v) is 2.66. The minimum atomic E-state index is -0.448. The predicted molar refractivity (Wildman–Crippen MR) is 111 cm³/mol. The molecule has 0 saturated carbocycles. The molecule has 29 heavy (non-hydrogen) atoms. The lowest BCUT2D eigenvalue weighted by Crippen LogP contribution is -2.14. The molecular weight excluding hydrogens is 370 g/mol. The molecule has 1 amide bonds. The van der Waals surface area contributed by atoms with Gasteiger partial charge in [-0.1, -0.05) is 12.1 Å². The molecule has 7 nitrogen and oxygen atoms in total. The summed E-state index contributed by atoms with van der Waals surface area (Å²) in [6, 6.07) is 17.4. The first-order valence-corrected chi connectivity index (χ1v) is 9.05. The number of rotatable bonds is 7. The molecule has 7 heteroatoms. The molecule has 0 radical (unpaired) electrons. The van der Waals surface area contributed by atoms with Crippen molar-refractivity contribution in [3.8, 4) is 5.75 Å². The van der Waals surface area contributed by atoms with Gasteiger partial charge in [-0.3, -0.25) is 9.78 Å². The molecule has 3 aromatic rings. The van der Waals surface area contributed by atoms with E-state index in [1.165, 1.54) is 13.3 Å². The highest BCUT2D eigenvalue weighted by Gasteiger charge is 2.13. The highest BCUT2D eigenvalue weighted by atomic mass is 16.5. The minimum Gasteiger partial charge on any atom is -0.494 e. The Hall–Kier alpha value is -3.87. The van der Waals surface area contributed by atoms with E-state index < -0.39 is 5.97 Å². The molecule has 0 spiro atoms. The molecule has 0 aliphatic rings. The molecule has 0 unspecified atom stereocenters. The van der Waals surface area contributed by atoms with Crippen molar-refractivity contribution in [2.75, 3.05) is 24.4 Å². The molecule has 2 aromatic carbocycles. The maximum absolute atomic E-state index is 12.5. The van der Waals surface area contributed by atoms with Gasteiger partial charge in [0.25, 0.3) is 5.91 Å². The number of esters is 1. The van der Waals surface area contributed by atoms with Gasteiger partial charge in [0, 0.05) is 17.6 Å². The molecule has 0 bridgehead atoms. The van der Waals surface area contributed by atoms with E-state index in [1.807, 2.05) is 6.92 Å². The minimum absolute atomic E-state index is 0.236. The lowest BCUT2D eigenvalue weighted by atomic mass is 10.1. The van der Waals surface area contributed by atoms with E-state index in [-0.39, 0.29) is 11.6 Å². The zero-order chi connectivity index (χ0) is 20.6. The Kier molecular flexibility index (Phi) is 6.42. The predicted octanol–water partition coefficient (Wildman–Crippen LogP) is 4.26. The smallest absolute Gasteiger partial charge is 0.339 e. The van der Waals surface area contributed by atoms with Gasteiger partial charge in [-0.15, -0.1) is 0 Å². The van der Waals surface area contributed by atoms with E-state index in [2.05, 4.69) is 15.6 Å². The van der Waals surface area contributed by atoms with Crippen LogP contribution in [0.15, 0.2) is 66.9 Å². The Balaban J connectivity index is 1.74. The van der Waals surface area contributed by atoms with Crippen molar-refractivity contribution in [1.29, 1.82) is 0 Å². The van der Waals surface area contributed by atoms with Gasteiger partial charge < -0.3 is 20.1 Å². The number of nitrogens with one attached hydrogen (secondary N) is 2. The Morgan fingerprint density at radius 1 is 1.00 bits per heavy atom. The normalized spacial score (nSPS) is 10.1. The Morgan fingerprint density at radius 3 is 2.48 bits per heavy atom. The second kappa shape index (κ2) is 9.36. The zero-order valence-corrected chi connectivity index (χ0v) is 16.1. The van der Waals surface area contributed by atoms with Gasteiger partial charge in [0.1, 0.15) is 11.4 Å². The zero-order valence-electron chi connectivity index (χ0n) is 16.1. The highest BCUT2D eigenvalue weighted by Crippen LogP contribution is 2.22. The average Bonchev–Trinajstić information content (AvgIpc) is 2.75. The molecule has 2 N–H and O–H groups in total. The number of ether oxygens (including phenoxy) is 2. The molecule has 0 saturated heterocycles. The molecule has 148 valence electrons. The van der Waals surface area contributed by atoms with Gasteiger partial charge in [-0.2, -0.15) is 0 Å². The Bertz CT molecular complexity index is 1000. The second-order valence-corrected chi connectivity index (χ2v) is 6.00. The van der Waals surface area contributed by atoms with Crippen molar-refractivity contribution in [1.82, 2.24) is 4.98 Å². The molecule has 1 heterocycles. The van der Waals surface area contributed by atoms with Crippen molar-refractivity contribution in [2.45, 2.75) is 6.92 Å². The molecule has 0 aliphatic carbocycles. The van der Waals surface area contributed by atoms with Crippen LogP contribution >= 0.6 is 0 Å². The number of anilines is 3. The van der Waals surface area contributed by atoms with Gasteiger partial charge in [0.15, 0.2) is 0 Å². The van der Waals surface area contributed by atoms with Crippen molar-refractivity contribution in [2.24, 2.45) is 0 Å². The summed E-state index contributed by atoms with van der Waals surface area (Å²) >= 11 is 0. The van der Waals surface area contributed by atoms with E-state index in [9.17, 15) is 9.59 Å². The third-order valence-electron chi connectivity index (χ3n) is 4.03. The van der Waals surface area contributed by atoms with Crippen LogP contribution in [0, 0.1) is 0 Å². The van der Waals surface area contributed by atoms with Crippen LogP contribution in [0.25, 0.3) is 0 Å². The summed E-state index contributed by atoms with van der Waals surface area (Å²) in [7, 11) is 1.33. The van der Waals surface area contributed by atoms with E-state index >= 15 is 0 Å². The lowest BCUT2D eigenvalue weighted by Gasteiger charge is -2.11. The SMILES string of the molecule is CCOc1ccc(NC(=O)c2cc(Nc3ccccc3C(=O)OC)ccn2)cc1. The molecule has 0 aliphatic heterocycles. The number of hydrogen-bond donors (Lipinski definition) is 2. The summed E-state index contributed by atoms with van der Waals surface area (Å²) < 4.78 is 10.2. The monoisotopic (exact) mass is 391 g/mol. The number of amides is 1. The van der Waals surface area contributed by atoms with Gasteiger partial charge in [0.05, 0.1) is 25.0 Å². The summed E-state index contributed by atoms with van der Waals surface area (Å²) in [5.74, 6) is -0.0613. The number of nitrogens with zero attached hydrogens (tertiary/aromatic N) is 1. The van der Waals surface area contributed by atoms with Crippen LogP contribution in [-0.4, -0.2) is 30.6 Å². The topological polar surface area (TPSA) is 89.6 Å². The van der Waals surface area contributed by atoms with Gasteiger partial charge in [-0.25, -0.2) is 4.79 Å². The van der Waals surface area contributed by atoms with Crippen LogP contribution in [-0.2, 0) is 4.74 Å². The first-order valence-electron chi connectivity index (χ1n) is 9.05.